The van der Waals surface area contributed by atoms with E-state index in [9.17, 15) is 0 Å². The van der Waals surface area contributed by atoms with Crippen LogP contribution in [-0.4, -0.2) is 66.7 Å². The molecule has 0 amide bonds. The molecule has 0 aliphatic carbocycles. The number of fused-ring (bicyclic) bond motifs is 3. The van der Waals surface area contributed by atoms with Gasteiger partial charge in [-0.3, -0.25) is 9.80 Å². The number of hydrogen-bond acceptors (Lipinski definition) is 6. The third kappa shape index (κ3) is 8.00. The van der Waals surface area contributed by atoms with E-state index in [4.69, 9.17) is 22.9 Å². The van der Waals surface area contributed by atoms with E-state index in [1.807, 2.05) is 0 Å². The Morgan fingerprint density at radius 2 is 1.00 bits per heavy atom. The van der Waals surface area contributed by atoms with Gasteiger partial charge in [0.25, 0.3) is 0 Å². The fraction of sp³-hybridized carbons (Fsp3) is 0.368. The van der Waals surface area contributed by atoms with Crippen LogP contribution in [-0.2, 0) is 19.6 Å². The van der Waals surface area contributed by atoms with Crippen molar-refractivity contribution in [3.8, 4) is 22.3 Å². The molecule has 0 bridgehead atoms. The Hall–Kier alpha value is -3.56. The number of hydrogen-bond donors (Lipinski definition) is 4. The van der Waals surface area contributed by atoms with Crippen LogP contribution in [0.3, 0.4) is 0 Å². The van der Waals surface area contributed by atoms with Gasteiger partial charge >= 0.3 is 0 Å². The first-order valence-electron chi connectivity index (χ1n) is 16.6. The zero-order valence-electron chi connectivity index (χ0n) is 26.9. The van der Waals surface area contributed by atoms with Gasteiger partial charge in [-0.25, -0.2) is 0 Å². The monoisotopic (exact) mass is 605 g/mol. The number of benzene rings is 4. The van der Waals surface area contributed by atoms with Gasteiger partial charge in [0.2, 0.25) is 0 Å². The zero-order chi connectivity index (χ0) is 31.6. The van der Waals surface area contributed by atoms with E-state index in [-0.39, 0.29) is 0 Å². The lowest BCUT2D eigenvalue weighted by Gasteiger charge is -2.21. The molecule has 0 saturated heterocycles. The Kier molecular flexibility index (Phi) is 11.8. The first-order valence-corrected chi connectivity index (χ1v) is 16.6. The molecule has 4 aromatic carbocycles. The summed E-state index contributed by atoms with van der Waals surface area (Å²) in [6.45, 7) is 11.1. The largest absolute Gasteiger partial charge is 0.340 e. The molecule has 0 aliphatic rings. The van der Waals surface area contributed by atoms with Crippen LogP contribution < -0.4 is 22.9 Å². The van der Waals surface area contributed by atoms with Crippen molar-refractivity contribution in [3.63, 3.8) is 0 Å². The van der Waals surface area contributed by atoms with Gasteiger partial charge in [0.15, 0.2) is 0 Å². The van der Waals surface area contributed by atoms with E-state index in [2.05, 4.69) is 106 Å². The maximum absolute atomic E-state index is 6.03. The Balaban J connectivity index is 1.51. The second-order valence-corrected chi connectivity index (χ2v) is 12.1. The fourth-order valence-electron chi connectivity index (χ4n) is 6.56. The van der Waals surface area contributed by atoms with Crippen molar-refractivity contribution in [2.45, 2.75) is 39.4 Å². The van der Waals surface area contributed by atoms with Gasteiger partial charge < -0.3 is 27.5 Å². The summed E-state index contributed by atoms with van der Waals surface area (Å²) in [5.74, 6) is 0. The molecule has 0 spiro atoms. The number of aryl methyl sites for hydroxylation is 1. The Morgan fingerprint density at radius 1 is 0.533 bits per heavy atom. The van der Waals surface area contributed by atoms with Gasteiger partial charge in [0.05, 0.1) is 0 Å². The molecular formula is C38H51N7. The third-order valence-electron chi connectivity index (χ3n) is 8.66. The second-order valence-electron chi connectivity index (χ2n) is 12.1. The number of rotatable bonds is 17. The van der Waals surface area contributed by atoms with E-state index in [1.54, 1.807) is 0 Å². The molecule has 1 heterocycles. The van der Waals surface area contributed by atoms with E-state index < -0.39 is 0 Å². The molecule has 0 atom stereocenters. The molecule has 0 unspecified atom stereocenters. The summed E-state index contributed by atoms with van der Waals surface area (Å²) in [5, 5.41) is 2.55. The molecule has 0 aliphatic heterocycles. The smallest absolute Gasteiger partial charge is 0.0497 e. The van der Waals surface area contributed by atoms with Gasteiger partial charge in [-0.15, -0.1) is 0 Å². The van der Waals surface area contributed by atoms with Crippen LogP contribution in [0.2, 0.25) is 0 Å². The molecule has 7 heteroatoms. The van der Waals surface area contributed by atoms with Crippen LogP contribution >= 0.6 is 0 Å². The highest BCUT2D eigenvalue weighted by molar-refractivity contribution is 6.10. The molecule has 1 aromatic heterocycles. The summed E-state index contributed by atoms with van der Waals surface area (Å²) in [4.78, 5) is 4.76. The lowest BCUT2D eigenvalue weighted by Crippen LogP contribution is -2.33. The number of aromatic nitrogens is 1. The molecule has 0 radical (unpaired) electrons. The van der Waals surface area contributed by atoms with Crippen LogP contribution in [0.4, 0.5) is 0 Å². The molecule has 5 rings (SSSR count). The van der Waals surface area contributed by atoms with E-state index in [1.165, 1.54) is 55.2 Å². The third-order valence-corrected chi connectivity index (χ3v) is 8.66. The van der Waals surface area contributed by atoms with Gasteiger partial charge in [-0.2, -0.15) is 0 Å². The van der Waals surface area contributed by atoms with Crippen molar-refractivity contribution >= 4 is 21.8 Å². The van der Waals surface area contributed by atoms with Crippen molar-refractivity contribution in [2.75, 3.05) is 52.4 Å². The van der Waals surface area contributed by atoms with Crippen molar-refractivity contribution in [1.29, 1.82) is 0 Å². The molecule has 0 fully saturated rings. The topological polar surface area (TPSA) is 115 Å². The summed E-state index contributed by atoms with van der Waals surface area (Å²) in [7, 11) is 0. The summed E-state index contributed by atoms with van der Waals surface area (Å²) in [6, 6.07) is 31.6. The summed E-state index contributed by atoms with van der Waals surface area (Å²) < 4.78 is 2.46. The fourth-order valence-corrected chi connectivity index (χ4v) is 6.56. The predicted molar refractivity (Wildman–Crippen MR) is 192 cm³/mol. The van der Waals surface area contributed by atoms with Gasteiger partial charge in [0, 0.05) is 80.7 Å². The van der Waals surface area contributed by atoms with Crippen molar-refractivity contribution in [3.05, 3.63) is 96.1 Å². The maximum atomic E-state index is 6.03. The molecular weight excluding hydrogens is 554 g/mol. The van der Waals surface area contributed by atoms with Gasteiger partial charge in [-0.05, 0) is 83.6 Å². The second kappa shape index (κ2) is 16.1. The minimum Gasteiger partial charge on any atom is -0.340 e. The number of nitrogens with zero attached hydrogens (tertiary/aromatic N) is 3. The summed E-state index contributed by atoms with van der Waals surface area (Å²) >= 11 is 0. The van der Waals surface area contributed by atoms with Crippen molar-refractivity contribution in [2.24, 2.45) is 22.9 Å². The first kappa shape index (κ1) is 32.8. The summed E-state index contributed by atoms with van der Waals surface area (Å²) in [5.41, 5.74) is 33.6. The highest BCUT2D eigenvalue weighted by atomic mass is 15.1. The minimum absolute atomic E-state index is 0.628. The molecule has 0 saturated carbocycles. The lowest BCUT2D eigenvalue weighted by atomic mass is 9.99. The SMILES string of the molecule is CCCN(CCN)Cc1cccc(-c2ccc3c4ccc(-c5cccc(CN(CCN)CCN)c5)cc4n(CCCN)c3c2)c1. The zero-order valence-corrected chi connectivity index (χ0v) is 26.9. The average Bonchev–Trinajstić information content (AvgIpc) is 3.36. The maximum Gasteiger partial charge on any atom is 0.0497 e. The molecule has 8 N–H and O–H groups in total. The summed E-state index contributed by atoms with van der Waals surface area (Å²) in [6.07, 6.45) is 2.05. The molecule has 7 nitrogen and oxygen atoms in total. The van der Waals surface area contributed by atoms with Crippen molar-refractivity contribution < 1.29 is 0 Å². The van der Waals surface area contributed by atoms with Gasteiger partial charge in [0.1, 0.15) is 0 Å². The normalized spacial score (nSPS) is 11.9. The lowest BCUT2D eigenvalue weighted by molar-refractivity contribution is 0.273. The molecule has 45 heavy (non-hydrogen) atoms. The molecule has 5 aromatic rings. The predicted octanol–water partition coefficient (Wildman–Crippen LogP) is 5.37. The van der Waals surface area contributed by atoms with E-state index in [0.717, 1.165) is 58.7 Å². The quantitative estimate of drug-likeness (QED) is 0.113. The highest BCUT2D eigenvalue weighted by Crippen LogP contribution is 2.35. The van der Waals surface area contributed by atoms with Crippen LogP contribution in [0.25, 0.3) is 44.1 Å². The van der Waals surface area contributed by atoms with E-state index >= 15 is 0 Å². The van der Waals surface area contributed by atoms with Crippen LogP contribution in [0, 0.1) is 0 Å². The van der Waals surface area contributed by atoms with Crippen molar-refractivity contribution in [1.82, 2.24) is 14.4 Å². The Labute approximate surface area is 268 Å². The van der Waals surface area contributed by atoms with Crippen LogP contribution in [0.5, 0.6) is 0 Å². The minimum atomic E-state index is 0.628. The highest BCUT2D eigenvalue weighted by Gasteiger charge is 2.14. The Morgan fingerprint density at radius 3 is 1.44 bits per heavy atom. The first-order chi connectivity index (χ1) is 22.1. The van der Waals surface area contributed by atoms with Crippen LogP contribution in [0.1, 0.15) is 30.9 Å². The van der Waals surface area contributed by atoms with Crippen LogP contribution in [0.15, 0.2) is 84.9 Å². The Bertz CT molecular complexity index is 1540. The standard InChI is InChI=1S/C38H51N7/c1-2-18-43(20-15-40)27-29-6-3-8-31(23-29)33-10-12-35-36-13-11-34(26-38(36)45(19-5-14-39)37(35)25-33)32-9-4-7-30(24-32)28-44(21-16-41)22-17-42/h3-4,6-13,23-26H,2,5,14-22,27-28,39-42H2,1H3. The average molecular weight is 606 g/mol. The molecule has 238 valence electrons. The van der Waals surface area contributed by atoms with E-state index in [0.29, 0.717) is 26.2 Å². The number of nitrogens with two attached hydrogens (primary N) is 4. The van der Waals surface area contributed by atoms with Gasteiger partial charge in [-0.1, -0.05) is 67.6 Å².